The van der Waals surface area contributed by atoms with Crippen LogP contribution in [0.15, 0.2) is 54.6 Å². The fraction of sp³-hybridized carbons (Fsp3) is 0.273. The molecule has 1 heterocycles. The smallest absolute Gasteiger partial charge is 0.331 e. The quantitative estimate of drug-likeness (QED) is 0.603. The molecule has 0 saturated heterocycles. The molecular formula is C22H23NO4. The van der Waals surface area contributed by atoms with Gasteiger partial charge < -0.3 is 14.4 Å². The van der Waals surface area contributed by atoms with Gasteiger partial charge in [-0.2, -0.15) is 0 Å². The molecule has 0 aliphatic carbocycles. The SMILES string of the molecule is COc1ccc(/C=C/C(=O)O[C@H](C)C(=O)N2CCc3ccccc3C2)cc1. The van der Waals surface area contributed by atoms with Gasteiger partial charge in [0.15, 0.2) is 6.10 Å². The first-order valence-corrected chi connectivity index (χ1v) is 8.95. The Morgan fingerprint density at radius 2 is 1.78 bits per heavy atom. The van der Waals surface area contributed by atoms with Crippen LogP contribution < -0.4 is 4.74 Å². The number of hydrogen-bond acceptors (Lipinski definition) is 4. The number of rotatable bonds is 5. The maximum Gasteiger partial charge on any atom is 0.331 e. The Morgan fingerprint density at radius 1 is 1.07 bits per heavy atom. The van der Waals surface area contributed by atoms with Gasteiger partial charge in [-0.25, -0.2) is 4.79 Å². The summed E-state index contributed by atoms with van der Waals surface area (Å²) in [6.45, 7) is 2.81. The first-order valence-electron chi connectivity index (χ1n) is 8.95. The van der Waals surface area contributed by atoms with Gasteiger partial charge in [-0.05, 0) is 48.2 Å². The molecule has 1 atom stereocenters. The van der Waals surface area contributed by atoms with Crippen molar-refractivity contribution in [2.24, 2.45) is 0 Å². The third-order valence-electron chi connectivity index (χ3n) is 4.61. The van der Waals surface area contributed by atoms with Gasteiger partial charge in [0.05, 0.1) is 7.11 Å². The molecule has 0 saturated carbocycles. The van der Waals surface area contributed by atoms with Crippen LogP contribution >= 0.6 is 0 Å². The normalized spacial score (nSPS) is 14.5. The van der Waals surface area contributed by atoms with Gasteiger partial charge in [-0.15, -0.1) is 0 Å². The second kappa shape index (κ2) is 8.54. The third-order valence-corrected chi connectivity index (χ3v) is 4.61. The van der Waals surface area contributed by atoms with Crippen molar-refractivity contribution in [2.75, 3.05) is 13.7 Å². The van der Waals surface area contributed by atoms with Crippen molar-refractivity contribution < 1.29 is 19.1 Å². The highest BCUT2D eigenvalue weighted by Crippen LogP contribution is 2.19. The van der Waals surface area contributed by atoms with Gasteiger partial charge in [0.2, 0.25) is 0 Å². The first kappa shape index (κ1) is 18.7. The zero-order valence-electron chi connectivity index (χ0n) is 15.6. The minimum absolute atomic E-state index is 0.171. The maximum atomic E-state index is 12.6. The standard InChI is InChI=1S/C22H23NO4/c1-16(22(25)23-14-13-18-5-3-4-6-19(18)15-23)27-21(24)12-9-17-7-10-20(26-2)11-8-17/h3-12,16H,13-15H2,1-2H3/b12-9+/t16-/m1/s1. The van der Waals surface area contributed by atoms with Crippen molar-refractivity contribution in [3.8, 4) is 5.75 Å². The number of ether oxygens (including phenoxy) is 2. The van der Waals surface area contributed by atoms with Gasteiger partial charge in [0, 0.05) is 19.2 Å². The van der Waals surface area contributed by atoms with Crippen LogP contribution in [0.4, 0.5) is 0 Å². The first-order chi connectivity index (χ1) is 13.1. The van der Waals surface area contributed by atoms with E-state index in [1.165, 1.54) is 11.6 Å². The van der Waals surface area contributed by atoms with Crippen LogP contribution in [0.2, 0.25) is 0 Å². The Balaban J connectivity index is 1.54. The molecule has 1 aliphatic heterocycles. The van der Waals surface area contributed by atoms with Crippen LogP contribution in [0, 0.1) is 0 Å². The van der Waals surface area contributed by atoms with E-state index >= 15 is 0 Å². The molecule has 2 aromatic rings. The summed E-state index contributed by atoms with van der Waals surface area (Å²) < 4.78 is 10.4. The summed E-state index contributed by atoms with van der Waals surface area (Å²) in [7, 11) is 1.60. The van der Waals surface area contributed by atoms with Gasteiger partial charge in [0.25, 0.3) is 5.91 Å². The van der Waals surface area contributed by atoms with Crippen LogP contribution in [0.1, 0.15) is 23.6 Å². The number of amides is 1. The molecule has 0 radical (unpaired) electrons. The highest BCUT2D eigenvalue weighted by atomic mass is 16.5. The van der Waals surface area contributed by atoms with Crippen LogP contribution in [0.5, 0.6) is 5.75 Å². The second-order valence-corrected chi connectivity index (χ2v) is 6.46. The monoisotopic (exact) mass is 365 g/mol. The number of benzene rings is 2. The third kappa shape index (κ3) is 4.76. The van der Waals surface area contributed by atoms with Gasteiger partial charge in [-0.1, -0.05) is 36.4 Å². The van der Waals surface area contributed by atoms with E-state index in [1.54, 1.807) is 25.0 Å². The van der Waals surface area contributed by atoms with E-state index in [0.717, 1.165) is 23.3 Å². The Kier molecular flexibility index (Phi) is 5.91. The summed E-state index contributed by atoms with van der Waals surface area (Å²) in [5.41, 5.74) is 3.27. The summed E-state index contributed by atoms with van der Waals surface area (Å²) in [5, 5.41) is 0. The lowest BCUT2D eigenvalue weighted by Gasteiger charge is -2.30. The summed E-state index contributed by atoms with van der Waals surface area (Å²) in [6.07, 6.45) is 2.98. The number of fused-ring (bicyclic) bond motifs is 1. The van der Waals surface area contributed by atoms with Crippen molar-refractivity contribution in [1.82, 2.24) is 4.90 Å². The summed E-state index contributed by atoms with van der Waals surface area (Å²) in [6, 6.07) is 15.4. The Labute approximate surface area is 159 Å². The number of carbonyl (C=O) groups excluding carboxylic acids is 2. The van der Waals surface area contributed by atoms with Crippen LogP contribution in [0.25, 0.3) is 6.08 Å². The Bertz CT molecular complexity index is 842. The zero-order chi connectivity index (χ0) is 19.2. The number of nitrogens with zero attached hydrogens (tertiary/aromatic N) is 1. The fourth-order valence-electron chi connectivity index (χ4n) is 3.08. The predicted octanol–water partition coefficient (Wildman–Crippen LogP) is 3.23. The minimum atomic E-state index is -0.816. The van der Waals surface area contributed by atoms with Gasteiger partial charge >= 0.3 is 5.97 Å². The Morgan fingerprint density at radius 3 is 2.48 bits per heavy atom. The van der Waals surface area contributed by atoms with E-state index in [2.05, 4.69) is 6.07 Å². The van der Waals surface area contributed by atoms with Crippen molar-refractivity contribution >= 4 is 18.0 Å². The van der Waals surface area contributed by atoms with E-state index in [0.29, 0.717) is 13.1 Å². The fourth-order valence-corrected chi connectivity index (χ4v) is 3.08. The van der Waals surface area contributed by atoms with Crippen molar-refractivity contribution in [1.29, 1.82) is 0 Å². The van der Waals surface area contributed by atoms with Gasteiger partial charge in [-0.3, -0.25) is 4.79 Å². The lowest BCUT2D eigenvalue weighted by Crippen LogP contribution is -2.42. The molecule has 27 heavy (non-hydrogen) atoms. The largest absolute Gasteiger partial charge is 0.497 e. The molecule has 5 nitrogen and oxygen atoms in total. The zero-order valence-corrected chi connectivity index (χ0v) is 15.6. The molecule has 1 amide bonds. The van der Waals surface area contributed by atoms with Gasteiger partial charge in [0.1, 0.15) is 5.75 Å². The van der Waals surface area contributed by atoms with E-state index in [4.69, 9.17) is 9.47 Å². The van der Waals surface area contributed by atoms with Crippen LogP contribution in [0.3, 0.4) is 0 Å². The molecule has 3 rings (SSSR count). The second-order valence-electron chi connectivity index (χ2n) is 6.46. The molecule has 5 heteroatoms. The lowest BCUT2D eigenvalue weighted by atomic mass is 9.99. The molecule has 0 bridgehead atoms. The average Bonchev–Trinajstić information content (AvgIpc) is 2.71. The molecule has 0 spiro atoms. The van der Waals surface area contributed by atoms with Crippen molar-refractivity contribution in [2.45, 2.75) is 26.0 Å². The highest BCUT2D eigenvalue weighted by molar-refractivity contribution is 5.90. The molecular weight excluding hydrogens is 342 g/mol. The number of carbonyl (C=O) groups is 2. The molecule has 0 aromatic heterocycles. The van der Waals surface area contributed by atoms with E-state index in [9.17, 15) is 9.59 Å². The van der Waals surface area contributed by atoms with E-state index in [1.807, 2.05) is 42.5 Å². The maximum absolute atomic E-state index is 12.6. The number of hydrogen-bond donors (Lipinski definition) is 0. The highest BCUT2D eigenvalue weighted by Gasteiger charge is 2.26. The lowest BCUT2D eigenvalue weighted by molar-refractivity contribution is -0.155. The molecule has 140 valence electrons. The molecule has 1 aliphatic rings. The summed E-state index contributed by atoms with van der Waals surface area (Å²) >= 11 is 0. The molecule has 0 unspecified atom stereocenters. The van der Waals surface area contributed by atoms with Crippen molar-refractivity contribution in [3.05, 3.63) is 71.3 Å². The predicted molar refractivity (Wildman–Crippen MR) is 103 cm³/mol. The number of methoxy groups -OCH3 is 1. The average molecular weight is 365 g/mol. The topological polar surface area (TPSA) is 55.8 Å². The molecule has 2 aromatic carbocycles. The van der Waals surface area contributed by atoms with E-state index in [-0.39, 0.29) is 5.91 Å². The number of esters is 1. The van der Waals surface area contributed by atoms with Crippen LogP contribution in [-0.4, -0.2) is 36.5 Å². The Hall–Kier alpha value is -3.08. The minimum Gasteiger partial charge on any atom is -0.497 e. The molecule has 0 N–H and O–H groups in total. The van der Waals surface area contributed by atoms with E-state index < -0.39 is 12.1 Å². The summed E-state index contributed by atoms with van der Waals surface area (Å²) in [5.74, 6) is 0.0387. The summed E-state index contributed by atoms with van der Waals surface area (Å²) in [4.78, 5) is 26.4. The molecule has 0 fully saturated rings. The van der Waals surface area contributed by atoms with Crippen LogP contribution in [-0.2, 0) is 27.3 Å². The van der Waals surface area contributed by atoms with Crippen molar-refractivity contribution in [3.63, 3.8) is 0 Å².